The minimum Gasteiger partial charge on any atom is -0.348 e. The minimum atomic E-state index is -0.494. The van der Waals surface area contributed by atoms with Gasteiger partial charge in [-0.3, -0.25) is 9.59 Å². The number of hydrogen-bond donors (Lipinski definition) is 2. The van der Waals surface area contributed by atoms with Crippen molar-refractivity contribution in [2.24, 2.45) is 11.7 Å². The van der Waals surface area contributed by atoms with E-state index in [4.69, 9.17) is 5.73 Å². The number of hydrogen-bond acceptors (Lipinski definition) is 4. The molecule has 1 amide bonds. The SMILES string of the molecule is CC(C)CC(C)(CN)NC(=O)Cn1nc(-c2ccccc2)ccc1=O. The number of aromatic nitrogens is 2. The van der Waals surface area contributed by atoms with Gasteiger partial charge in [0.2, 0.25) is 5.91 Å². The van der Waals surface area contributed by atoms with Gasteiger partial charge in [-0.25, -0.2) is 4.68 Å². The Balaban J connectivity index is 2.17. The molecule has 134 valence electrons. The number of benzene rings is 1. The molecule has 0 radical (unpaired) electrons. The fourth-order valence-corrected chi connectivity index (χ4v) is 2.92. The third kappa shape index (κ3) is 5.26. The Hall–Kier alpha value is -2.47. The predicted octanol–water partition coefficient (Wildman–Crippen LogP) is 1.79. The van der Waals surface area contributed by atoms with Crippen LogP contribution in [-0.2, 0) is 11.3 Å². The average molecular weight is 342 g/mol. The van der Waals surface area contributed by atoms with Crippen molar-refractivity contribution in [1.82, 2.24) is 15.1 Å². The van der Waals surface area contributed by atoms with Gasteiger partial charge in [0.05, 0.1) is 5.69 Å². The third-order valence-electron chi connectivity index (χ3n) is 3.98. The molecule has 1 aromatic heterocycles. The quantitative estimate of drug-likeness (QED) is 0.803. The van der Waals surface area contributed by atoms with Gasteiger partial charge >= 0.3 is 0 Å². The van der Waals surface area contributed by atoms with E-state index in [1.165, 1.54) is 10.7 Å². The molecule has 2 aromatic rings. The minimum absolute atomic E-state index is 0.132. The Labute approximate surface area is 148 Å². The number of nitrogens with two attached hydrogens (primary N) is 1. The van der Waals surface area contributed by atoms with Crippen molar-refractivity contribution in [1.29, 1.82) is 0 Å². The van der Waals surface area contributed by atoms with Gasteiger partial charge in [-0.1, -0.05) is 44.2 Å². The molecule has 0 saturated heterocycles. The number of carbonyl (C=O) groups excluding carboxylic acids is 1. The maximum Gasteiger partial charge on any atom is 0.267 e. The van der Waals surface area contributed by atoms with Crippen molar-refractivity contribution >= 4 is 5.91 Å². The Bertz CT molecular complexity index is 770. The van der Waals surface area contributed by atoms with Gasteiger partial charge in [0.1, 0.15) is 6.54 Å². The van der Waals surface area contributed by atoms with Crippen molar-refractivity contribution in [3.8, 4) is 11.3 Å². The summed E-state index contributed by atoms with van der Waals surface area (Å²) in [6.45, 7) is 6.28. The second-order valence-electron chi connectivity index (χ2n) is 6.99. The first-order valence-corrected chi connectivity index (χ1v) is 8.47. The standard InChI is InChI=1S/C19H26N4O2/c1-14(2)11-19(3,13-20)21-17(24)12-23-18(25)10-9-16(22-23)15-7-5-4-6-8-15/h4-10,14H,11-13,20H2,1-3H3,(H,21,24). The van der Waals surface area contributed by atoms with E-state index < -0.39 is 5.54 Å². The summed E-state index contributed by atoms with van der Waals surface area (Å²) in [5.74, 6) is 0.129. The van der Waals surface area contributed by atoms with Crippen LogP contribution in [0.25, 0.3) is 11.3 Å². The largest absolute Gasteiger partial charge is 0.348 e. The second kappa shape index (κ2) is 8.07. The molecule has 25 heavy (non-hydrogen) atoms. The van der Waals surface area contributed by atoms with Crippen molar-refractivity contribution in [2.75, 3.05) is 6.54 Å². The van der Waals surface area contributed by atoms with Gasteiger partial charge < -0.3 is 11.1 Å². The second-order valence-corrected chi connectivity index (χ2v) is 6.99. The lowest BCUT2D eigenvalue weighted by Crippen LogP contribution is -2.53. The zero-order chi connectivity index (χ0) is 18.4. The predicted molar refractivity (Wildman–Crippen MR) is 99.0 cm³/mol. The van der Waals surface area contributed by atoms with E-state index in [0.717, 1.165) is 12.0 Å². The Morgan fingerprint density at radius 1 is 1.24 bits per heavy atom. The summed E-state index contributed by atoms with van der Waals surface area (Å²) in [4.78, 5) is 24.4. The van der Waals surface area contributed by atoms with E-state index in [9.17, 15) is 9.59 Å². The van der Waals surface area contributed by atoms with Crippen molar-refractivity contribution in [3.05, 3.63) is 52.8 Å². The first-order chi connectivity index (χ1) is 11.8. The van der Waals surface area contributed by atoms with E-state index in [-0.39, 0.29) is 18.0 Å². The molecule has 0 aliphatic carbocycles. The van der Waals surface area contributed by atoms with Crippen LogP contribution >= 0.6 is 0 Å². The lowest BCUT2D eigenvalue weighted by molar-refractivity contribution is -0.123. The van der Waals surface area contributed by atoms with Crippen LogP contribution in [-0.4, -0.2) is 27.8 Å². The molecule has 0 fully saturated rings. The molecule has 3 N–H and O–H groups in total. The number of rotatable bonds is 7. The summed E-state index contributed by atoms with van der Waals surface area (Å²) in [5.41, 5.74) is 6.56. The van der Waals surface area contributed by atoms with Gasteiger partial charge in [0, 0.05) is 23.7 Å². The first kappa shape index (κ1) is 18.9. The number of nitrogens with one attached hydrogen (secondary N) is 1. The van der Waals surface area contributed by atoms with Crippen molar-refractivity contribution in [3.63, 3.8) is 0 Å². The van der Waals surface area contributed by atoms with Crippen LogP contribution in [0.15, 0.2) is 47.3 Å². The summed E-state index contributed by atoms with van der Waals surface area (Å²) in [7, 11) is 0. The zero-order valence-corrected chi connectivity index (χ0v) is 15.0. The summed E-state index contributed by atoms with van der Waals surface area (Å²) in [6.07, 6.45) is 0.765. The smallest absolute Gasteiger partial charge is 0.267 e. The molecule has 1 atom stereocenters. The molecular formula is C19H26N4O2. The van der Waals surface area contributed by atoms with Crippen LogP contribution in [0, 0.1) is 5.92 Å². The van der Waals surface area contributed by atoms with Crippen LogP contribution in [0.5, 0.6) is 0 Å². The van der Waals surface area contributed by atoms with Gasteiger partial charge in [-0.05, 0) is 25.3 Å². The van der Waals surface area contributed by atoms with E-state index in [1.807, 2.05) is 37.3 Å². The highest BCUT2D eigenvalue weighted by molar-refractivity contribution is 5.76. The number of amides is 1. The molecule has 2 rings (SSSR count). The summed E-state index contributed by atoms with van der Waals surface area (Å²) in [6, 6.07) is 12.6. The van der Waals surface area contributed by atoms with E-state index >= 15 is 0 Å². The van der Waals surface area contributed by atoms with Gasteiger partial charge in [0.15, 0.2) is 0 Å². The van der Waals surface area contributed by atoms with Gasteiger partial charge in [0.25, 0.3) is 5.56 Å². The van der Waals surface area contributed by atoms with Crippen LogP contribution in [0.3, 0.4) is 0 Å². The molecule has 6 heteroatoms. The highest BCUT2D eigenvalue weighted by Gasteiger charge is 2.26. The fraction of sp³-hybridized carbons (Fsp3) is 0.421. The molecule has 0 aliphatic heterocycles. The molecule has 0 spiro atoms. The zero-order valence-electron chi connectivity index (χ0n) is 15.0. The first-order valence-electron chi connectivity index (χ1n) is 8.47. The Morgan fingerprint density at radius 2 is 1.92 bits per heavy atom. The van der Waals surface area contributed by atoms with E-state index in [2.05, 4.69) is 24.3 Å². The van der Waals surface area contributed by atoms with Crippen molar-refractivity contribution < 1.29 is 4.79 Å². The van der Waals surface area contributed by atoms with Crippen LogP contribution in [0.1, 0.15) is 27.2 Å². The monoisotopic (exact) mass is 342 g/mol. The highest BCUT2D eigenvalue weighted by atomic mass is 16.2. The lowest BCUT2D eigenvalue weighted by Gasteiger charge is -2.31. The topological polar surface area (TPSA) is 90.0 Å². The Morgan fingerprint density at radius 3 is 2.52 bits per heavy atom. The van der Waals surface area contributed by atoms with Gasteiger partial charge in [-0.2, -0.15) is 5.10 Å². The van der Waals surface area contributed by atoms with Crippen LogP contribution < -0.4 is 16.6 Å². The molecule has 1 heterocycles. The Kier molecular flexibility index (Phi) is 6.09. The summed E-state index contributed by atoms with van der Waals surface area (Å²) in [5, 5.41) is 7.26. The maximum absolute atomic E-state index is 12.4. The van der Waals surface area contributed by atoms with E-state index in [1.54, 1.807) is 6.07 Å². The highest BCUT2D eigenvalue weighted by Crippen LogP contribution is 2.16. The number of carbonyl (C=O) groups is 1. The van der Waals surface area contributed by atoms with Crippen LogP contribution in [0.2, 0.25) is 0 Å². The molecule has 1 aromatic carbocycles. The summed E-state index contributed by atoms with van der Waals surface area (Å²) >= 11 is 0. The molecular weight excluding hydrogens is 316 g/mol. The molecule has 0 saturated carbocycles. The summed E-state index contributed by atoms with van der Waals surface area (Å²) < 4.78 is 1.18. The average Bonchev–Trinajstić information content (AvgIpc) is 2.56. The number of nitrogens with zero attached hydrogens (tertiary/aromatic N) is 2. The van der Waals surface area contributed by atoms with Crippen molar-refractivity contribution in [2.45, 2.75) is 39.3 Å². The molecule has 1 unspecified atom stereocenters. The normalized spacial score (nSPS) is 13.5. The van der Waals surface area contributed by atoms with E-state index in [0.29, 0.717) is 18.2 Å². The lowest BCUT2D eigenvalue weighted by atomic mass is 9.91. The third-order valence-corrected chi connectivity index (χ3v) is 3.98. The maximum atomic E-state index is 12.4. The van der Waals surface area contributed by atoms with Gasteiger partial charge in [-0.15, -0.1) is 0 Å². The van der Waals surface area contributed by atoms with Crippen LogP contribution in [0.4, 0.5) is 0 Å². The molecule has 6 nitrogen and oxygen atoms in total. The molecule has 0 aliphatic rings. The molecule has 0 bridgehead atoms. The fourth-order valence-electron chi connectivity index (χ4n) is 2.92.